The lowest BCUT2D eigenvalue weighted by molar-refractivity contribution is -0.0337. The van der Waals surface area contributed by atoms with Crippen LogP contribution in [0.1, 0.15) is 32.3 Å². The minimum absolute atomic E-state index is 0.268. The number of benzene rings is 1. The fourth-order valence-electron chi connectivity index (χ4n) is 2.48. The van der Waals surface area contributed by atoms with Crippen molar-refractivity contribution in [2.45, 2.75) is 44.9 Å². The molecule has 2 atom stereocenters. The monoisotopic (exact) mass is 308 g/mol. The van der Waals surface area contributed by atoms with Gasteiger partial charge in [-0.3, -0.25) is 0 Å². The van der Waals surface area contributed by atoms with Crippen LogP contribution in [0.25, 0.3) is 0 Å². The van der Waals surface area contributed by atoms with Gasteiger partial charge < -0.3 is 10.1 Å². The van der Waals surface area contributed by atoms with E-state index in [4.69, 9.17) is 10.00 Å². The Morgan fingerprint density at radius 1 is 1.33 bits per heavy atom. The van der Waals surface area contributed by atoms with Gasteiger partial charge in [0, 0.05) is 10.5 Å². The summed E-state index contributed by atoms with van der Waals surface area (Å²) in [6.07, 6.45) is 2.48. The van der Waals surface area contributed by atoms with Gasteiger partial charge in [0.2, 0.25) is 0 Å². The summed E-state index contributed by atoms with van der Waals surface area (Å²) < 4.78 is 6.70. The molecule has 0 aliphatic carbocycles. The topological polar surface area (TPSA) is 45.0 Å². The molecular formula is C14H17BrN2O. The molecule has 18 heavy (non-hydrogen) atoms. The van der Waals surface area contributed by atoms with Gasteiger partial charge in [-0.15, -0.1) is 0 Å². The fourth-order valence-corrected chi connectivity index (χ4v) is 2.84. The van der Waals surface area contributed by atoms with E-state index in [1.807, 2.05) is 18.2 Å². The average molecular weight is 309 g/mol. The lowest BCUT2D eigenvalue weighted by Gasteiger charge is -2.33. The number of nitrogens with zero attached hydrogens (tertiary/aromatic N) is 1. The van der Waals surface area contributed by atoms with Crippen LogP contribution >= 0.6 is 15.9 Å². The summed E-state index contributed by atoms with van der Waals surface area (Å²) in [7, 11) is 0. The van der Waals surface area contributed by atoms with Crippen molar-refractivity contribution in [2.24, 2.45) is 0 Å². The number of ether oxygens (including phenoxy) is 1. The van der Waals surface area contributed by atoms with Gasteiger partial charge >= 0.3 is 0 Å². The maximum absolute atomic E-state index is 9.11. The maximum atomic E-state index is 9.11. The van der Waals surface area contributed by atoms with Crippen molar-refractivity contribution >= 4 is 21.6 Å². The zero-order valence-corrected chi connectivity index (χ0v) is 12.2. The van der Waals surface area contributed by atoms with E-state index in [1.54, 1.807) is 0 Å². The highest BCUT2D eigenvalue weighted by Gasteiger charge is 2.24. The van der Waals surface area contributed by atoms with Crippen molar-refractivity contribution in [3.8, 4) is 6.07 Å². The number of halogens is 1. The molecule has 0 radical (unpaired) electrons. The van der Waals surface area contributed by atoms with Gasteiger partial charge in [-0.25, -0.2) is 0 Å². The standard InChI is InChI=1S/C14H17BrN2O/c1-9-5-13(6-10(2)18-9)17-14-7-12(15)4-3-11(14)8-16/h3-4,7,9-10,13,17H,5-6H2,1-2H3. The minimum atomic E-state index is 0.268. The second-order valence-corrected chi connectivity index (χ2v) is 5.79. The van der Waals surface area contributed by atoms with Gasteiger partial charge in [0.05, 0.1) is 23.5 Å². The molecule has 0 amide bonds. The average Bonchev–Trinajstić information content (AvgIpc) is 2.27. The predicted molar refractivity (Wildman–Crippen MR) is 75.5 cm³/mol. The Morgan fingerprint density at radius 3 is 2.61 bits per heavy atom. The first-order valence-electron chi connectivity index (χ1n) is 6.20. The molecule has 0 bridgehead atoms. The van der Waals surface area contributed by atoms with E-state index in [9.17, 15) is 0 Å². The van der Waals surface area contributed by atoms with E-state index in [2.05, 4.69) is 41.2 Å². The van der Waals surface area contributed by atoms with E-state index in [0.29, 0.717) is 11.6 Å². The summed E-state index contributed by atoms with van der Waals surface area (Å²) in [6.45, 7) is 4.19. The first-order valence-corrected chi connectivity index (χ1v) is 6.99. The summed E-state index contributed by atoms with van der Waals surface area (Å²) in [5.41, 5.74) is 1.59. The van der Waals surface area contributed by atoms with Crippen LogP contribution in [0.15, 0.2) is 22.7 Å². The molecule has 1 aromatic carbocycles. The van der Waals surface area contributed by atoms with Gasteiger partial charge in [0.25, 0.3) is 0 Å². The highest BCUT2D eigenvalue weighted by Crippen LogP contribution is 2.26. The minimum Gasteiger partial charge on any atom is -0.381 e. The number of rotatable bonds is 2. The van der Waals surface area contributed by atoms with Crippen LogP contribution in [-0.2, 0) is 4.74 Å². The molecule has 0 saturated carbocycles. The number of nitriles is 1. The molecule has 1 saturated heterocycles. The lowest BCUT2D eigenvalue weighted by atomic mass is 9.99. The molecule has 1 aromatic rings. The molecule has 2 unspecified atom stereocenters. The molecule has 0 aromatic heterocycles. The molecule has 1 N–H and O–H groups in total. The highest BCUT2D eigenvalue weighted by atomic mass is 79.9. The molecule has 0 spiro atoms. The first kappa shape index (κ1) is 13.4. The third kappa shape index (κ3) is 3.24. The smallest absolute Gasteiger partial charge is 0.101 e. The second-order valence-electron chi connectivity index (χ2n) is 4.87. The van der Waals surface area contributed by atoms with E-state index in [-0.39, 0.29) is 12.2 Å². The molecule has 3 nitrogen and oxygen atoms in total. The van der Waals surface area contributed by atoms with Crippen LogP contribution in [0.4, 0.5) is 5.69 Å². The molecule has 96 valence electrons. The molecule has 1 fully saturated rings. The van der Waals surface area contributed by atoms with E-state index in [0.717, 1.165) is 23.0 Å². The van der Waals surface area contributed by atoms with Crippen molar-refractivity contribution in [1.29, 1.82) is 5.26 Å². The molecule has 1 aliphatic rings. The van der Waals surface area contributed by atoms with Crippen LogP contribution in [0.3, 0.4) is 0 Å². The Balaban J connectivity index is 2.13. The van der Waals surface area contributed by atoms with E-state index >= 15 is 0 Å². The summed E-state index contributed by atoms with van der Waals surface area (Å²) in [5, 5.41) is 12.6. The van der Waals surface area contributed by atoms with Gasteiger partial charge in [-0.05, 0) is 44.9 Å². The summed E-state index contributed by atoms with van der Waals surface area (Å²) in [5.74, 6) is 0. The van der Waals surface area contributed by atoms with Crippen LogP contribution in [-0.4, -0.2) is 18.2 Å². The first-order chi connectivity index (χ1) is 8.58. The normalized spacial score (nSPS) is 27.6. The Hall–Kier alpha value is -1.05. The summed E-state index contributed by atoms with van der Waals surface area (Å²) in [4.78, 5) is 0. The van der Waals surface area contributed by atoms with Crippen molar-refractivity contribution in [2.75, 3.05) is 5.32 Å². The number of nitrogens with one attached hydrogen (secondary N) is 1. The molecule has 1 aliphatic heterocycles. The Morgan fingerprint density at radius 2 is 2.00 bits per heavy atom. The molecule has 4 heteroatoms. The Bertz CT molecular complexity index is 459. The fraction of sp³-hybridized carbons (Fsp3) is 0.500. The van der Waals surface area contributed by atoms with Crippen LogP contribution < -0.4 is 5.32 Å². The lowest BCUT2D eigenvalue weighted by Crippen LogP contribution is -2.37. The highest BCUT2D eigenvalue weighted by molar-refractivity contribution is 9.10. The van der Waals surface area contributed by atoms with Crippen molar-refractivity contribution < 1.29 is 4.74 Å². The largest absolute Gasteiger partial charge is 0.381 e. The van der Waals surface area contributed by atoms with Crippen LogP contribution in [0.2, 0.25) is 0 Å². The number of anilines is 1. The van der Waals surface area contributed by atoms with Gasteiger partial charge in [-0.2, -0.15) is 5.26 Å². The third-order valence-electron chi connectivity index (χ3n) is 3.16. The number of hydrogen-bond donors (Lipinski definition) is 1. The number of hydrogen-bond acceptors (Lipinski definition) is 3. The SMILES string of the molecule is CC1CC(Nc2cc(Br)ccc2C#N)CC(C)O1. The predicted octanol–water partition coefficient (Wildman–Crippen LogP) is 3.69. The maximum Gasteiger partial charge on any atom is 0.101 e. The van der Waals surface area contributed by atoms with Crippen molar-refractivity contribution in [3.05, 3.63) is 28.2 Å². The zero-order chi connectivity index (χ0) is 13.1. The van der Waals surface area contributed by atoms with Gasteiger partial charge in [-0.1, -0.05) is 15.9 Å². The van der Waals surface area contributed by atoms with Crippen molar-refractivity contribution in [1.82, 2.24) is 0 Å². The van der Waals surface area contributed by atoms with Gasteiger partial charge in [0.1, 0.15) is 6.07 Å². The Labute approximate surface area is 116 Å². The third-order valence-corrected chi connectivity index (χ3v) is 3.65. The van der Waals surface area contributed by atoms with E-state index < -0.39 is 0 Å². The molecule has 2 rings (SSSR count). The Kier molecular flexibility index (Phi) is 4.26. The van der Waals surface area contributed by atoms with E-state index in [1.165, 1.54) is 0 Å². The molecular weight excluding hydrogens is 292 g/mol. The summed E-state index contributed by atoms with van der Waals surface area (Å²) >= 11 is 3.44. The van der Waals surface area contributed by atoms with Crippen LogP contribution in [0.5, 0.6) is 0 Å². The second kappa shape index (κ2) is 5.73. The quantitative estimate of drug-likeness (QED) is 0.906. The van der Waals surface area contributed by atoms with Gasteiger partial charge in [0.15, 0.2) is 0 Å². The van der Waals surface area contributed by atoms with Crippen molar-refractivity contribution in [3.63, 3.8) is 0 Å². The molecule has 1 heterocycles. The zero-order valence-electron chi connectivity index (χ0n) is 10.6. The van der Waals surface area contributed by atoms with Crippen LogP contribution in [0, 0.1) is 11.3 Å². The summed E-state index contributed by atoms with van der Waals surface area (Å²) in [6, 6.07) is 8.27.